The summed E-state index contributed by atoms with van der Waals surface area (Å²) in [5, 5.41) is 5.16. The van der Waals surface area contributed by atoms with E-state index in [1.54, 1.807) is 23.5 Å². The number of benzene rings is 1. The molecular weight excluding hydrogens is 272 g/mol. The average Bonchev–Trinajstić information content (AvgIpc) is 3.06. The zero-order chi connectivity index (χ0) is 13.9. The Morgan fingerprint density at radius 3 is 2.65 bits per heavy atom. The van der Waals surface area contributed by atoms with E-state index in [9.17, 15) is 9.59 Å². The fourth-order valence-electron chi connectivity index (χ4n) is 2.28. The lowest BCUT2D eigenvalue weighted by Crippen LogP contribution is -2.38. The lowest BCUT2D eigenvalue weighted by atomic mass is 10.2. The number of hydrogen-bond donors (Lipinski definition) is 1. The fourth-order valence-corrected chi connectivity index (χ4v) is 2.93. The van der Waals surface area contributed by atoms with Gasteiger partial charge < -0.3 is 5.32 Å². The van der Waals surface area contributed by atoms with Gasteiger partial charge in [-0.25, -0.2) is 4.90 Å². The van der Waals surface area contributed by atoms with Gasteiger partial charge in [0.2, 0.25) is 5.91 Å². The lowest BCUT2D eigenvalue weighted by molar-refractivity contribution is -0.121. The molecule has 1 saturated heterocycles. The van der Waals surface area contributed by atoms with Crippen molar-refractivity contribution in [2.24, 2.45) is 0 Å². The number of hydrogen-bond acceptors (Lipinski definition) is 4. The molecule has 0 spiro atoms. The second-order valence-corrected chi connectivity index (χ2v) is 5.65. The van der Waals surface area contributed by atoms with Crippen LogP contribution in [0.5, 0.6) is 0 Å². The van der Waals surface area contributed by atoms with E-state index in [4.69, 9.17) is 0 Å². The molecule has 2 heterocycles. The SMILES string of the molecule is O=C1C[C@@H](NCc2cccs2)C(=O)N1c1ccccc1. The number of imide groups is 1. The minimum absolute atomic E-state index is 0.148. The topological polar surface area (TPSA) is 49.4 Å². The average molecular weight is 286 g/mol. The van der Waals surface area contributed by atoms with Crippen molar-refractivity contribution in [1.82, 2.24) is 5.32 Å². The van der Waals surface area contributed by atoms with Crippen molar-refractivity contribution >= 4 is 28.8 Å². The molecule has 0 unspecified atom stereocenters. The van der Waals surface area contributed by atoms with Crippen molar-refractivity contribution < 1.29 is 9.59 Å². The van der Waals surface area contributed by atoms with Gasteiger partial charge in [0, 0.05) is 11.4 Å². The number of para-hydroxylation sites is 1. The van der Waals surface area contributed by atoms with E-state index < -0.39 is 6.04 Å². The Hall–Kier alpha value is -1.98. The summed E-state index contributed by atoms with van der Waals surface area (Å²) in [6.07, 6.45) is 0.221. The molecule has 0 saturated carbocycles. The van der Waals surface area contributed by atoms with Crippen LogP contribution in [0.3, 0.4) is 0 Å². The minimum Gasteiger partial charge on any atom is -0.300 e. The Bertz CT molecular complexity index is 610. The first-order chi connectivity index (χ1) is 9.75. The first kappa shape index (κ1) is 13.0. The van der Waals surface area contributed by atoms with Gasteiger partial charge in [0.1, 0.15) is 0 Å². The maximum Gasteiger partial charge on any atom is 0.251 e. The molecule has 1 aromatic heterocycles. The highest BCUT2D eigenvalue weighted by Crippen LogP contribution is 2.22. The van der Waals surface area contributed by atoms with E-state index in [1.807, 2.05) is 35.7 Å². The first-order valence-corrected chi connectivity index (χ1v) is 7.31. The summed E-state index contributed by atoms with van der Waals surface area (Å²) < 4.78 is 0. The first-order valence-electron chi connectivity index (χ1n) is 6.43. The Balaban J connectivity index is 1.70. The highest BCUT2D eigenvalue weighted by atomic mass is 32.1. The number of amides is 2. The normalized spacial score (nSPS) is 18.8. The van der Waals surface area contributed by atoms with Gasteiger partial charge in [0.15, 0.2) is 0 Å². The summed E-state index contributed by atoms with van der Waals surface area (Å²) in [7, 11) is 0. The predicted octanol–water partition coefficient (Wildman–Crippen LogP) is 2.17. The van der Waals surface area contributed by atoms with Crippen LogP contribution in [0.4, 0.5) is 5.69 Å². The van der Waals surface area contributed by atoms with Crippen LogP contribution in [0, 0.1) is 0 Å². The molecule has 0 radical (unpaired) electrons. The van der Waals surface area contributed by atoms with Gasteiger partial charge in [-0.2, -0.15) is 0 Å². The van der Waals surface area contributed by atoms with Crippen molar-refractivity contribution in [3.63, 3.8) is 0 Å². The second kappa shape index (κ2) is 5.56. The molecule has 1 fully saturated rings. The van der Waals surface area contributed by atoms with Gasteiger partial charge in [0.05, 0.1) is 18.2 Å². The van der Waals surface area contributed by atoms with E-state index in [-0.39, 0.29) is 18.2 Å². The molecule has 2 aromatic rings. The number of nitrogens with one attached hydrogen (secondary N) is 1. The Labute approximate surface area is 121 Å². The third kappa shape index (κ3) is 2.50. The van der Waals surface area contributed by atoms with E-state index in [0.29, 0.717) is 12.2 Å². The molecule has 1 atom stereocenters. The van der Waals surface area contributed by atoms with Crippen LogP contribution in [0.1, 0.15) is 11.3 Å². The van der Waals surface area contributed by atoms with Crippen molar-refractivity contribution in [3.8, 4) is 0 Å². The van der Waals surface area contributed by atoms with E-state index in [0.717, 1.165) is 4.88 Å². The third-order valence-electron chi connectivity index (χ3n) is 3.26. The van der Waals surface area contributed by atoms with Crippen LogP contribution < -0.4 is 10.2 Å². The smallest absolute Gasteiger partial charge is 0.251 e. The van der Waals surface area contributed by atoms with Crippen molar-refractivity contribution in [3.05, 3.63) is 52.7 Å². The summed E-state index contributed by atoms with van der Waals surface area (Å²) in [6, 6.07) is 12.6. The maximum absolute atomic E-state index is 12.3. The van der Waals surface area contributed by atoms with Gasteiger partial charge in [0.25, 0.3) is 5.91 Å². The lowest BCUT2D eigenvalue weighted by Gasteiger charge is -2.15. The molecule has 3 rings (SSSR count). The van der Waals surface area contributed by atoms with Crippen LogP contribution in [-0.4, -0.2) is 17.9 Å². The highest BCUT2D eigenvalue weighted by Gasteiger charge is 2.39. The Morgan fingerprint density at radius 1 is 1.15 bits per heavy atom. The summed E-state index contributed by atoms with van der Waals surface area (Å²) in [5.74, 6) is -0.317. The molecule has 4 nitrogen and oxygen atoms in total. The number of carbonyl (C=O) groups excluding carboxylic acids is 2. The van der Waals surface area contributed by atoms with Crippen LogP contribution in [-0.2, 0) is 16.1 Å². The molecule has 5 heteroatoms. The Kier molecular flexibility index (Phi) is 3.62. The molecule has 1 aliphatic heterocycles. The van der Waals surface area contributed by atoms with E-state index in [1.165, 1.54) is 4.90 Å². The van der Waals surface area contributed by atoms with Crippen LogP contribution in [0.25, 0.3) is 0 Å². The predicted molar refractivity (Wildman–Crippen MR) is 78.5 cm³/mol. The molecule has 1 aliphatic rings. The molecular formula is C15H14N2O2S. The zero-order valence-corrected chi connectivity index (χ0v) is 11.6. The van der Waals surface area contributed by atoms with E-state index >= 15 is 0 Å². The monoisotopic (exact) mass is 286 g/mol. The quantitative estimate of drug-likeness (QED) is 0.876. The molecule has 1 N–H and O–H groups in total. The van der Waals surface area contributed by atoms with Crippen LogP contribution in [0.15, 0.2) is 47.8 Å². The minimum atomic E-state index is -0.426. The fraction of sp³-hybridized carbons (Fsp3) is 0.200. The maximum atomic E-state index is 12.3. The van der Waals surface area contributed by atoms with Crippen LogP contribution >= 0.6 is 11.3 Å². The van der Waals surface area contributed by atoms with E-state index in [2.05, 4.69) is 5.32 Å². The number of rotatable bonds is 4. The third-order valence-corrected chi connectivity index (χ3v) is 4.14. The van der Waals surface area contributed by atoms with Gasteiger partial charge in [-0.05, 0) is 23.6 Å². The van der Waals surface area contributed by atoms with Gasteiger partial charge in [-0.3, -0.25) is 9.59 Å². The summed E-state index contributed by atoms with van der Waals surface area (Å²) in [6.45, 7) is 0.615. The van der Waals surface area contributed by atoms with Gasteiger partial charge >= 0.3 is 0 Å². The van der Waals surface area contributed by atoms with Crippen molar-refractivity contribution in [2.45, 2.75) is 19.0 Å². The summed E-state index contributed by atoms with van der Waals surface area (Å²) >= 11 is 1.63. The molecule has 2 amide bonds. The summed E-state index contributed by atoms with van der Waals surface area (Å²) in [4.78, 5) is 26.8. The Morgan fingerprint density at radius 2 is 1.95 bits per heavy atom. The summed E-state index contributed by atoms with van der Waals surface area (Å²) in [5.41, 5.74) is 0.642. The van der Waals surface area contributed by atoms with Crippen LogP contribution in [0.2, 0.25) is 0 Å². The molecule has 20 heavy (non-hydrogen) atoms. The standard InChI is InChI=1S/C15H14N2O2S/c18-14-9-13(16-10-12-7-4-8-20-12)15(19)17(14)11-5-2-1-3-6-11/h1-8,13,16H,9-10H2/t13-/m1/s1. The molecule has 1 aromatic carbocycles. The zero-order valence-electron chi connectivity index (χ0n) is 10.8. The van der Waals surface area contributed by atoms with Gasteiger partial charge in [-0.1, -0.05) is 24.3 Å². The highest BCUT2D eigenvalue weighted by molar-refractivity contribution is 7.09. The second-order valence-electron chi connectivity index (χ2n) is 4.62. The number of nitrogens with zero attached hydrogens (tertiary/aromatic N) is 1. The van der Waals surface area contributed by atoms with Crippen molar-refractivity contribution in [1.29, 1.82) is 0 Å². The molecule has 0 aliphatic carbocycles. The van der Waals surface area contributed by atoms with Crippen molar-refractivity contribution in [2.75, 3.05) is 4.90 Å². The number of thiophene rings is 1. The molecule has 102 valence electrons. The van der Waals surface area contributed by atoms with Gasteiger partial charge in [-0.15, -0.1) is 11.3 Å². The number of carbonyl (C=O) groups is 2. The number of anilines is 1. The largest absolute Gasteiger partial charge is 0.300 e. The molecule has 0 bridgehead atoms.